The van der Waals surface area contributed by atoms with Gasteiger partial charge in [-0.15, -0.1) is 0 Å². The second-order valence-electron chi connectivity index (χ2n) is 5.23. The monoisotopic (exact) mass is 236 g/mol. The molecule has 0 saturated heterocycles. The summed E-state index contributed by atoms with van der Waals surface area (Å²) in [7, 11) is 1.69. The fourth-order valence-electron chi connectivity index (χ4n) is 1.76. The maximum absolute atomic E-state index is 5.66. The maximum Gasteiger partial charge on any atom is 0.118 e. The Morgan fingerprint density at radius 1 is 1.18 bits per heavy atom. The van der Waals surface area contributed by atoms with E-state index in [1.807, 2.05) is 12.1 Å². The highest BCUT2D eigenvalue weighted by Crippen LogP contribution is 2.18. The summed E-state index contributed by atoms with van der Waals surface area (Å²) in [5.41, 5.74) is 7.09. The van der Waals surface area contributed by atoms with Crippen molar-refractivity contribution in [1.29, 1.82) is 0 Å². The molecule has 0 aliphatic heterocycles. The van der Waals surface area contributed by atoms with Crippen LogP contribution in [0, 0.1) is 0 Å². The van der Waals surface area contributed by atoms with Crippen molar-refractivity contribution in [3.05, 3.63) is 29.8 Å². The highest BCUT2D eigenvalue weighted by molar-refractivity contribution is 5.27. The molecule has 0 heterocycles. The average Bonchev–Trinajstić information content (AvgIpc) is 2.28. The molecule has 17 heavy (non-hydrogen) atoms. The van der Waals surface area contributed by atoms with Crippen LogP contribution in [0.4, 0.5) is 0 Å². The topological polar surface area (TPSA) is 38.5 Å². The third-order valence-corrected chi connectivity index (χ3v) is 2.88. The van der Waals surface area contributed by atoms with E-state index >= 15 is 0 Å². The number of nitrogens with zero attached hydrogens (tertiary/aromatic N) is 1. The van der Waals surface area contributed by atoms with Gasteiger partial charge in [0.2, 0.25) is 0 Å². The van der Waals surface area contributed by atoms with Crippen molar-refractivity contribution in [2.45, 2.75) is 32.9 Å². The molecule has 0 unspecified atom stereocenters. The fourth-order valence-corrected chi connectivity index (χ4v) is 1.76. The molecule has 0 fully saturated rings. The average molecular weight is 236 g/mol. The van der Waals surface area contributed by atoms with E-state index in [2.05, 4.69) is 37.8 Å². The van der Waals surface area contributed by atoms with Gasteiger partial charge in [0.05, 0.1) is 7.11 Å². The Balaban J connectivity index is 2.72. The van der Waals surface area contributed by atoms with Crippen LogP contribution < -0.4 is 10.5 Å². The standard InChI is InChI=1S/C14H24N2O/c1-14(2,3)16(10-9-15)11-12-5-7-13(17-4)8-6-12/h5-8H,9-11,15H2,1-4H3. The predicted octanol–water partition coefficient (Wildman–Crippen LogP) is 2.25. The van der Waals surface area contributed by atoms with E-state index in [1.165, 1.54) is 5.56 Å². The third kappa shape index (κ3) is 4.36. The van der Waals surface area contributed by atoms with E-state index in [0.717, 1.165) is 18.8 Å². The Morgan fingerprint density at radius 3 is 2.18 bits per heavy atom. The molecule has 0 aromatic heterocycles. The lowest BCUT2D eigenvalue weighted by molar-refractivity contribution is 0.132. The van der Waals surface area contributed by atoms with Crippen molar-refractivity contribution in [2.24, 2.45) is 5.73 Å². The molecule has 0 atom stereocenters. The number of hydrogen-bond donors (Lipinski definition) is 1. The van der Waals surface area contributed by atoms with E-state index < -0.39 is 0 Å². The van der Waals surface area contributed by atoms with Crippen LogP contribution in [0.5, 0.6) is 5.75 Å². The number of methoxy groups -OCH3 is 1. The van der Waals surface area contributed by atoms with Crippen molar-refractivity contribution < 1.29 is 4.74 Å². The van der Waals surface area contributed by atoms with Crippen LogP contribution in [0.2, 0.25) is 0 Å². The molecule has 96 valence electrons. The number of ether oxygens (including phenoxy) is 1. The minimum Gasteiger partial charge on any atom is -0.497 e. The van der Waals surface area contributed by atoms with Crippen LogP contribution in [-0.2, 0) is 6.54 Å². The maximum atomic E-state index is 5.66. The number of nitrogens with two attached hydrogens (primary N) is 1. The highest BCUT2D eigenvalue weighted by Gasteiger charge is 2.20. The molecule has 3 nitrogen and oxygen atoms in total. The number of rotatable bonds is 5. The van der Waals surface area contributed by atoms with Crippen LogP contribution >= 0.6 is 0 Å². The van der Waals surface area contributed by atoms with Gasteiger partial charge >= 0.3 is 0 Å². The molecule has 1 aromatic carbocycles. The lowest BCUT2D eigenvalue weighted by Gasteiger charge is -2.35. The van der Waals surface area contributed by atoms with Crippen LogP contribution in [0.3, 0.4) is 0 Å². The van der Waals surface area contributed by atoms with Gasteiger partial charge in [0.15, 0.2) is 0 Å². The zero-order valence-corrected chi connectivity index (χ0v) is 11.4. The predicted molar refractivity (Wildman–Crippen MR) is 72.2 cm³/mol. The Bertz CT molecular complexity index is 327. The molecule has 0 saturated carbocycles. The molecule has 0 amide bonds. The van der Waals surface area contributed by atoms with Crippen molar-refractivity contribution in [2.75, 3.05) is 20.2 Å². The fraction of sp³-hybridized carbons (Fsp3) is 0.571. The molecule has 2 N–H and O–H groups in total. The molecular formula is C14H24N2O. The summed E-state index contributed by atoms with van der Waals surface area (Å²) in [5.74, 6) is 0.898. The first-order valence-corrected chi connectivity index (χ1v) is 6.05. The summed E-state index contributed by atoms with van der Waals surface area (Å²) >= 11 is 0. The Labute approximate surface area is 105 Å². The normalized spacial score (nSPS) is 11.9. The summed E-state index contributed by atoms with van der Waals surface area (Å²) in [4.78, 5) is 2.38. The lowest BCUT2D eigenvalue weighted by atomic mass is 10.0. The third-order valence-electron chi connectivity index (χ3n) is 2.88. The minimum atomic E-state index is 0.138. The van der Waals surface area contributed by atoms with Crippen LogP contribution in [0.1, 0.15) is 26.3 Å². The zero-order chi connectivity index (χ0) is 12.9. The second kappa shape index (κ2) is 6.03. The molecule has 1 aromatic rings. The summed E-state index contributed by atoms with van der Waals surface area (Å²) in [6.45, 7) is 9.16. The van der Waals surface area contributed by atoms with Crippen molar-refractivity contribution in [3.8, 4) is 5.75 Å². The van der Waals surface area contributed by atoms with Crippen molar-refractivity contribution in [1.82, 2.24) is 4.90 Å². The van der Waals surface area contributed by atoms with Gasteiger partial charge in [-0.25, -0.2) is 0 Å². The molecule has 0 bridgehead atoms. The van der Waals surface area contributed by atoms with Gasteiger partial charge < -0.3 is 10.5 Å². The van der Waals surface area contributed by atoms with E-state index in [9.17, 15) is 0 Å². The SMILES string of the molecule is COc1ccc(CN(CCN)C(C)(C)C)cc1. The van der Waals surface area contributed by atoms with E-state index in [1.54, 1.807) is 7.11 Å². The molecule has 0 aliphatic carbocycles. The van der Waals surface area contributed by atoms with Gasteiger partial charge in [-0.2, -0.15) is 0 Å². The lowest BCUT2D eigenvalue weighted by Crippen LogP contribution is -2.43. The van der Waals surface area contributed by atoms with E-state index in [0.29, 0.717) is 6.54 Å². The summed E-state index contributed by atoms with van der Waals surface area (Å²) < 4.78 is 5.16. The van der Waals surface area contributed by atoms with Crippen LogP contribution in [0.25, 0.3) is 0 Å². The smallest absolute Gasteiger partial charge is 0.118 e. The van der Waals surface area contributed by atoms with Crippen molar-refractivity contribution in [3.63, 3.8) is 0 Å². The first-order chi connectivity index (χ1) is 7.97. The highest BCUT2D eigenvalue weighted by atomic mass is 16.5. The molecule has 3 heteroatoms. The Morgan fingerprint density at radius 2 is 1.76 bits per heavy atom. The summed E-state index contributed by atoms with van der Waals surface area (Å²) in [6, 6.07) is 8.21. The quantitative estimate of drug-likeness (QED) is 0.852. The Hall–Kier alpha value is -1.06. The molecule has 0 aliphatic rings. The Kier molecular flexibility index (Phi) is 4.97. The van der Waals surface area contributed by atoms with Gasteiger partial charge in [-0.3, -0.25) is 4.90 Å². The van der Waals surface area contributed by atoms with E-state index in [4.69, 9.17) is 10.5 Å². The van der Waals surface area contributed by atoms with Crippen molar-refractivity contribution >= 4 is 0 Å². The van der Waals surface area contributed by atoms with Crippen LogP contribution in [-0.4, -0.2) is 30.6 Å². The number of hydrogen-bond acceptors (Lipinski definition) is 3. The van der Waals surface area contributed by atoms with Gasteiger partial charge in [0, 0.05) is 25.2 Å². The van der Waals surface area contributed by atoms with Gasteiger partial charge in [0.1, 0.15) is 5.75 Å². The molecule has 0 spiro atoms. The van der Waals surface area contributed by atoms with Crippen LogP contribution in [0.15, 0.2) is 24.3 Å². The number of benzene rings is 1. The van der Waals surface area contributed by atoms with Gasteiger partial charge in [-0.05, 0) is 38.5 Å². The van der Waals surface area contributed by atoms with E-state index in [-0.39, 0.29) is 5.54 Å². The molecule has 0 radical (unpaired) electrons. The van der Waals surface area contributed by atoms with Gasteiger partial charge in [0.25, 0.3) is 0 Å². The zero-order valence-electron chi connectivity index (χ0n) is 11.4. The summed E-state index contributed by atoms with van der Waals surface area (Å²) in [5, 5.41) is 0. The minimum absolute atomic E-state index is 0.138. The molecular weight excluding hydrogens is 212 g/mol. The largest absolute Gasteiger partial charge is 0.497 e. The first-order valence-electron chi connectivity index (χ1n) is 6.05. The first kappa shape index (κ1) is 14.0. The second-order valence-corrected chi connectivity index (χ2v) is 5.23. The van der Waals surface area contributed by atoms with Gasteiger partial charge in [-0.1, -0.05) is 12.1 Å². The molecule has 1 rings (SSSR count). The summed E-state index contributed by atoms with van der Waals surface area (Å²) in [6.07, 6.45) is 0.